The monoisotopic (exact) mass is 319 g/mol. The van der Waals surface area contributed by atoms with Gasteiger partial charge in [0.25, 0.3) is 6.29 Å². The molecule has 24 heavy (non-hydrogen) atoms. The summed E-state index contributed by atoms with van der Waals surface area (Å²) in [5.41, 5.74) is 10.6. The molecule has 5 nitrogen and oxygen atoms in total. The van der Waals surface area contributed by atoms with Crippen molar-refractivity contribution in [3.8, 4) is 5.69 Å². The zero-order chi connectivity index (χ0) is 16.4. The Labute approximate surface area is 139 Å². The predicted molar refractivity (Wildman–Crippen MR) is 94.0 cm³/mol. The fourth-order valence-electron chi connectivity index (χ4n) is 2.64. The number of nitrogens with two attached hydrogens (primary N) is 1. The van der Waals surface area contributed by atoms with Crippen LogP contribution in [-0.2, 0) is 9.47 Å². The van der Waals surface area contributed by atoms with Gasteiger partial charge in [-0.3, -0.25) is 0 Å². The smallest absolute Gasteiger partial charge is 0.266 e. The standard InChI is InChI=1S/C19H17N3O2/c20-17-12-14(19-23-10-11-24-19)6-7-18(17)21-15-4-3-5-16(13-15)22-8-1-2-9-22/h1-13,19,21H,20H2. The number of hydrogen-bond acceptors (Lipinski definition) is 4. The molecule has 0 spiro atoms. The summed E-state index contributed by atoms with van der Waals surface area (Å²) in [4.78, 5) is 0. The Morgan fingerprint density at radius 1 is 0.917 bits per heavy atom. The molecular weight excluding hydrogens is 302 g/mol. The lowest BCUT2D eigenvalue weighted by Gasteiger charge is -2.15. The Kier molecular flexibility index (Phi) is 3.59. The maximum atomic E-state index is 6.17. The lowest BCUT2D eigenvalue weighted by atomic mass is 10.1. The van der Waals surface area contributed by atoms with E-state index in [4.69, 9.17) is 15.2 Å². The Bertz CT molecular complexity index is 864. The molecule has 3 N–H and O–H groups in total. The van der Waals surface area contributed by atoms with Crippen molar-refractivity contribution in [3.63, 3.8) is 0 Å². The quantitative estimate of drug-likeness (QED) is 0.703. The van der Waals surface area contributed by atoms with Crippen LogP contribution in [0.3, 0.4) is 0 Å². The molecule has 0 saturated carbocycles. The molecule has 2 aromatic carbocycles. The summed E-state index contributed by atoms with van der Waals surface area (Å²) in [6, 6.07) is 17.9. The molecular formula is C19H17N3O2. The minimum absolute atomic E-state index is 0.418. The molecule has 0 unspecified atom stereocenters. The van der Waals surface area contributed by atoms with E-state index in [9.17, 15) is 0 Å². The Balaban J connectivity index is 1.56. The first-order valence-electron chi connectivity index (χ1n) is 7.65. The summed E-state index contributed by atoms with van der Waals surface area (Å²) in [7, 11) is 0. The Hall–Kier alpha value is -3.34. The SMILES string of the molecule is Nc1cc(C2OC=CO2)ccc1Nc1cccc(-n2cccc2)c1. The van der Waals surface area contributed by atoms with E-state index in [1.165, 1.54) is 12.5 Å². The van der Waals surface area contributed by atoms with Gasteiger partial charge in [-0.15, -0.1) is 0 Å². The molecule has 3 aromatic rings. The largest absolute Gasteiger partial charge is 0.455 e. The molecule has 120 valence electrons. The van der Waals surface area contributed by atoms with Gasteiger partial charge in [-0.1, -0.05) is 6.07 Å². The van der Waals surface area contributed by atoms with Gasteiger partial charge >= 0.3 is 0 Å². The van der Waals surface area contributed by atoms with Gasteiger partial charge in [0.15, 0.2) is 0 Å². The van der Waals surface area contributed by atoms with Gasteiger partial charge in [0, 0.05) is 29.3 Å². The van der Waals surface area contributed by atoms with Crippen LogP contribution in [0.15, 0.2) is 79.5 Å². The second kappa shape index (κ2) is 6.04. The number of rotatable bonds is 4. The average Bonchev–Trinajstić information content (AvgIpc) is 3.31. The van der Waals surface area contributed by atoms with Gasteiger partial charge in [-0.05, 0) is 48.5 Å². The maximum absolute atomic E-state index is 6.17. The molecule has 5 heteroatoms. The number of aromatic nitrogens is 1. The molecule has 0 aliphatic carbocycles. The number of nitrogens with zero attached hydrogens (tertiary/aromatic N) is 1. The second-order valence-electron chi connectivity index (χ2n) is 5.49. The Morgan fingerprint density at radius 2 is 1.71 bits per heavy atom. The van der Waals surface area contributed by atoms with Crippen LogP contribution in [0.5, 0.6) is 0 Å². The zero-order valence-electron chi connectivity index (χ0n) is 12.9. The molecule has 4 rings (SSSR count). The van der Waals surface area contributed by atoms with Gasteiger partial charge in [-0.2, -0.15) is 0 Å². The molecule has 0 atom stereocenters. The van der Waals surface area contributed by atoms with E-state index in [1.54, 1.807) is 0 Å². The molecule has 1 aliphatic rings. The summed E-state index contributed by atoms with van der Waals surface area (Å²) >= 11 is 0. The molecule has 0 saturated heterocycles. The minimum atomic E-state index is -0.418. The number of nitrogen functional groups attached to an aromatic ring is 1. The first-order chi connectivity index (χ1) is 11.8. The maximum Gasteiger partial charge on any atom is 0.266 e. The molecule has 0 amide bonds. The third-order valence-corrected chi connectivity index (χ3v) is 3.84. The van der Waals surface area contributed by atoms with Crippen molar-refractivity contribution in [1.82, 2.24) is 4.57 Å². The minimum Gasteiger partial charge on any atom is -0.455 e. The third-order valence-electron chi connectivity index (χ3n) is 3.84. The van der Waals surface area contributed by atoms with Gasteiger partial charge in [0.05, 0.1) is 11.4 Å². The fourth-order valence-corrected chi connectivity index (χ4v) is 2.64. The Morgan fingerprint density at radius 3 is 2.46 bits per heavy atom. The van der Waals surface area contributed by atoms with Crippen LogP contribution < -0.4 is 11.1 Å². The highest BCUT2D eigenvalue weighted by Crippen LogP contribution is 2.30. The molecule has 2 heterocycles. The van der Waals surface area contributed by atoms with Crippen molar-refractivity contribution in [3.05, 3.63) is 85.1 Å². The molecule has 0 radical (unpaired) electrons. The average molecular weight is 319 g/mol. The van der Waals surface area contributed by atoms with Crippen molar-refractivity contribution in [2.75, 3.05) is 11.1 Å². The molecule has 0 bridgehead atoms. The van der Waals surface area contributed by atoms with Gasteiger partial charge < -0.3 is 25.1 Å². The molecule has 1 aliphatic heterocycles. The van der Waals surface area contributed by atoms with Crippen LogP contribution in [0.1, 0.15) is 11.9 Å². The zero-order valence-corrected chi connectivity index (χ0v) is 12.9. The summed E-state index contributed by atoms with van der Waals surface area (Å²) in [5, 5.41) is 3.36. The van der Waals surface area contributed by atoms with Crippen molar-refractivity contribution >= 4 is 17.1 Å². The van der Waals surface area contributed by atoms with E-state index in [0.717, 1.165) is 22.6 Å². The fraction of sp³-hybridized carbons (Fsp3) is 0.0526. The highest BCUT2D eigenvalue weighted by molar-refractivity contribution is 5.74. The number of hydrogen-bond donors (Lipinski definition) is 2. The highest BCUT2D eigenvalue weighted by atomic mass is 16.7. The number of ether oxygens (including phenoxy) is 2. The van der Waals surface area contributed by atoms with Crippen LogP contribution in [0.2, 0.25) is 0 Å². The van der Waals surface area contributed by atoms with E-state index >= 15 is 0 Å². The van der Waals surface area contributed by atoms with Crippen molar-refractivity contribution < 1.29 is 9.47 Å². The second-order valence-corrected chi connectivity index (χ2v) is 5.49. The first kappa shape index (κ1) is 14.3. The summed E-state index contributed by atoms with van der Waals surface area (Å²) in [6.45, 7) is 0. The highest BCUT2D eigenvalue weighted by Gasteiger charge is 2.16. The van der Waals surface area contributed by atoms with Gasteiger partial charge in [0.2, 0.25) is 0 Å². The lowest BCUT2D eigenvalue weighted by molar-refractivity contribution is -0.0245. The summed E-state index contributed by atoms with van der Waals surface area (Å²) < 4.78 is 12.7. The van der Waals surface area contributed by atoms with Crippen molar-refractivity contribution in [2.24, 2.45) is 0 Å². The number of nitrogens with one attached hydrogen (secondary N) is 1. The predicted octanol–water partition coefficient (Wildman–Crippen LogP) is 4.32. The summed E-state index contributed by atoms with van der Waals surface area (Å²) in [6.07, 6.45) is 6.66. The van der Waals surface area contributed by atoms with Crippen LogP contribution in [-0.4, -0.2) is 4.57 Å². The normalized spacial score (nSPS) is 13.5. The van der Waals surface area contributed by atoms with E-state index in [1.807, 2.05) is 54.9 Å². The van der Waals surface area contributed by atoms with Gasteiger partial charge in [0.1, 0.15) is 12.5 Å². The summed E-state index contributed by atoms with van der Waals surface area (Å²) in [5.74, 6) is 0. The van der Waals surface area contributed by atoms with Crippen molar-refractivity contribution in [2.45, 2.75) is 6.29 Å². The number of benzene rings is 2. The molecule has 1 aromatic heterocycles. The van der Waals surface area contributed by atoms with Crippen LogP contribution in [0, 0.1) is 0 Å². The van der Waals surface area contributed by atoms with E-state index < -0.39 is 6.29 Å². The number of anilines is 3. The van der Waals surface area contributed by atoms with E-state index in [2.05, 4.69) is 22.0 Å². The van der Waals surface area contributed by atoms with Crippen LogP contribution in [0.25, 0.3) is 5.69 Å². The van der Waals surface area contributed by atoms with E-state index in [-0.39, 0.29) is 0 Å². The third kappa shape index (κ3) is 2.79. The van der Waals surface area contributed by atoms with Crippen LogP contribution in [0.4, 0.5) is 17.1 Å². The van der Waals surface area contributed by atoms with Crippen molar-refractivity contribution in [1.29, 1.82) is 0 Å². The topological polar surface area (TPSA) is 61.4 Å². The lowest BCUT2D eigenvalue weighted by Crippen LogP contribution is -2.02. The first-order valence-corrected chi connectivity index (χ1v) is 7.65. The van der Waals surface area contributed by atoms with Gasteiger partial charge in [-0.25, -0.2) is 0 Å². The molecule has 0 fully saturated rings. The van der Waals surface area contributed by atoms with Crippen LogP contribution >= 0.6 is 0 Å². The van der Waals surface area contributed by atoms with E-state index in [0.29, 0.717) is 5.69 Å².